The van der Waals surface area contributed by atoms with Crippen molar-refractivity contribution < 1.29 is 28.8 Å². The molecule has 27 heteroatoms. The van der Waals surface area contributed by atoms with E-state index < -0.39 is 55.2 Å². The molecule has 6 amide bonds. The standard InChI is InChI=1S/C39H74N20O6S/c40-11-3-1-2-4-12-50-21-31(61)57(18-7-15-53-38(46)47)24-32(62)58(19-8-16-54-39(48)49)25-34(64)59(22-28-10-20-66-27-28)26-33(63)56(17-6-14-52-37(44)45)23-30(60)55-29(35(41)65)9-5-13-51-36(42)43/h10,20,27,29,50H,1-9,11-19,21-26,40H2,(H2,41,65)(H,55,60)(H4,42,43,51)(H4,44,45,52)(H4,46,47,53)(H4,48,49,54)/t29-/m1/s1. The van der Waals surface area contributed by atoms with Gasteiger partial charge in [0, 0.05) is 52.4 Å². The summed E-state index contributed by atoms with van der Waals surface area (Å²) >= 11 is 1.38. The zero-order valence-electron chi connectivity index (χ0n) is 38.0. The summed E-state index contributed by atoms with van der Waals surface area (Å²) in [4.78, 5) is 103. The number of thiophene rings is 1. The number of nitrogens with two attached hydrogens (primary N) is 10. The lowest BCUT2D eigenvalue weighted by molar-refractivity contribution is -0.147. The van der Waals surface area contributed by atoms with E-state index in [0.717, 1.165) is 25.7 Å². The molecule has 0 radical (unpaired) electrons. The molecular formula is C39H74N20O6S. The highest BCUT2D eigenvalue weighted by atomic mass is 32.1. The van der Waals surface area contributed by atoms with Crippen LogP contribution in [0, 0.1) is 0 Å². The second-order valence-electron chi connectivity index (χ2n) is 15.2. The summed E-state index contributed by atoms with van der Waals surface area (Å²) < 4.78 is 0. The van der Waals surface area contributed by atoms with Gasteiger partial charge in [-0.05, 0) is 80.4 Å². The van der Waals surface area contributed by atoms with Crippen molar-refractivity contribution in [2.24, 2.45) is 77.3 Å². The van der Waals surface area contributed by atoms with Crippen LogP contribution in [0.5, 0.6) is 0 Å². The molecule has 0 saturated carbocycles. The first kappa shape index (κ1) is 57.5. The number of nitrogens with zero attached hydrogens (tertiary/aromatic N) is 8. The van der Waals surface area contributed by atoms with E-state index in [-0.39, 0.29) is 114 Å². The van der Waals surface area contributed by atoms with E-state index >= 15 is 0 Å². The SMILES string of the molecule is NCCCCCCNCC(=O)N(CCCN=C(N)N)CC(=O)N(CCCN=C(N)N)CC(=O)N(CC(=O)N(CCCN=C(N)N)CC(=O)N[C@H](CCCN=C(N)N)C(N)=O)Cc1ccsc1. The summed E-state index contributed by atoms with van der Waals surface area (Å²) in [6.07, 6.45) is 4.96. The Kier molecular flexibility index (Phi) is 29.6. The van der Waals surface area contributed by atoms with Crippen LogP contribution in [0.3, 0.4) is 0 Å². The third-order valence-corrected chi connectivity index (χ3v) is 10.3. The molecular weight excluding hydrogens is 877 g/mol. The third-order valence-electron chi connectivity index (χ3n) is 9.53. The molecule has 0 bridgehead atoms. The molecule has 66 heavy (non-hydrogen) atoms. The van der Waals surface area contributed by atoms with Crippen LogP contribution in [0.15, 0.2) is 36.8 Å². The van der Waals surface area contributed by atoms with Crippen molar-refractivity contribution in [2.45, 2.75) is 70.4 Å². The lowest BCUT2D eigenvalue weighted by Crippen LogP contribution is -2.52. The maximum Gasteiger partial charge on any atom is 0.242 e. The Morgan fingerprint density at radius 2 is 1.02 bits per heavy atom. The molecule has 22 N–H and O–H groups in total. The van der Waals surface area contributed by atoms with Gasteiger partial charge in [-0.25, -0.2) is 0 Å². The molecule has 372 valence electrons. The number of amides is 6. The third kappa shape index (κ3) is 27.6. The zero-order valence-corrected chi connectivity index (χ0v) is 38.8. The minimum atomic E-state index is -1.09. The lowest BCUT2D eigenvalue weighted by atomic mass is 10.1. The van der Waals surface area contributed by atoms with Gasteiger partial charge in [0.2, 0.25) is 35.4 Å². The number of hydrogen-bond donors (Lipinski definition) is 12. The quantitative estimate of drug-likeness (QED) is 0.0170. The van der Waals surface area contributed by atoms with Gasteiger partial charge in [-0.3, -0.25) is 48.7 Å². The summed E-state index contributed by atoms with van der Waals surface area (Å²) in [5, 5.41) is 9.31. The fraction of sp³-hybridized carbons (Fsp3) is 0.641. The molecule has 0 spiro atoms. The number of rotatable bonds is 36. The van der Waals surface area contributed by atoms with Crippen LogP contribution in [0.1, 0.15) is 63.4 Å². The zero-order chi connectivity index (χ0) is 49.3. The number of guanidine groups is 4. The highest BCUT2D eigenvalue weighted by Gasteiger charge is 2.28. The number of primary amides is 1. The Hall–Kier alpha value is -6.48. The average Bonchev–Trinajstić information content (AvgIpc) is 3.77. The molecule has 1 atom stereocenters. The number of carbonyl (C=O) groups excluding carboxylic acids is 6. The largest absolute Gasteiger partial charge is 0.370 e. The molecule has 0 aliphatic rings. The average molecular weight is 951 g/mol. The first-order chi connectivity index (χ1) is 31.4. The molecule has 0 aliphatic carbocycles. The van der Waals surface area contributed by atoms with Gasteiger partial charge in [0.1, 0.15) is 12.6 Å². The predicted octanol–water partition coefficient (Wildman–Crippen LogP) is -5.31. The molecule has 1 aromatic rings. The molecule has 26 nitrogen and oxygen atoms in total. The Balaban J connectivity index is 3.42. The minimum absolute atomic E-state index is 0.0131. The van der Waals surface area contributed by atoms with Gasteiger partial charge in [0.25, 0.3) is 0 Å². The Bertz CT molecular complexity index is 1740. The monoisotopic (exact) mass is 951 g/mol. The summed E-state index contributed by atoms with van der Waals surface area (Å²) in [6, 6.07) is 0.695. The van der Waals surface area contributed by atoms with Crippen LogP contribution in [0.4, 0.5) is 0 Å². The molecule has 0 aromatic carbocycles. The van der Waals surface area contributed by atoms with Crippen molar-refractivity contribution in [1.29, 1.82) is 0 Å². The highest BCUT2D eigenvalue weighted by molar-refractivity contribution is 7.07. The molecule has 1 rings (SSSR count). The summed E-state index contributed by atoms with van der Waals surface area (Å²) in [5.74, 6) is -4.19. The van der Waals surface area contributed by atoms with Gasteiger partial charge < -0.3 is 87.6 Å². The van der Waals surface area contributed by atoms with Crippen molar-refractivity contribution in [3.05, 3.63) is 22.4 Å². The number of carbonyl (C=O) groups is 6. The van der Waals surface area contributed by atoms with E-state index in [2.05, 4.69) is 30.6 Å². The van der Waals surface area contributed by atoms with E-state index in [0.29, 0.717) is 31.5 Å². The van der Waals surface area contributed by atoms with Crippen LogP contribution in [0.25, 0.3) is 0 Å². The number of unbranched alkanes of at least 4 members (excludes halogenated alkanes) is 3. The van der Waals surface area contributed by atoms with Crippen molar-refractivity contribution >= 4 is 70.6 Å². The van der Waals surface area contributed by atoms with Crippen LogP contribution in [-0.2, 0) is 35.3 Å². The lowest BCUT2D eigenvalue weighted by Gasteiger charge is -2.31. The number of hydrogen-bond acceptors (Lipinski definition) is 13. The highest BCUT2D eigenvalue weighted by Crippen LogP contribution is 2.12. The van der Waals surface area contributed by atoms with Gasteiger partial charge >= 0.3 is 0 Å². The van der Waals surface area contributed by atoms with Crippen molar-refractivity contribution in [3.63, 3.8) is 0 Å². The first-order valence-electron chi connectivity index (χ1n) is 21.8. The number of nitrogens with one attached hydrogen (secondary N) is 2. The van der Waals surface area contributed by atoms with Gasteiger partial charge in [-0.15, -0.1) is 0 Å². The Morgan fingerprint density at radius 1 is 0.561 bits per heavy atom. The molecule has 1 aromatic heterocycles. The molecule has 1 heterocycles. The van der Waals surface area contributed by atoms with E-state index in [1.54, 1.807) is 11.4 Å². The topological polar surface area (TPSA) is 449 Å². The van der Waals surface area contributed by atoms with Gasteiger partial charge in [-0.2, -0.15) is 11.3 Å². The van der Waals surface area contributed by atoms with Crippen molar-refractivity contribution in [1.82, 2.24) is 30.2 Å². The van der Waals surface area contributed by atoms with E-state index in [1.165, 1.54) is 30.9 Å². The molecule has 0 fully saturated rings. The van der Waals surface area contributed by atoms with E-state index in [9.17, 15) is 28.8 Å². The van der Waals surface area contributed by atoms with Crippen LogP contribution in [-0.4, -0.2) is 177 Å². The van der Waals surface area contributed by atoms with Crippen LogP contribution < -0.4 is 68.0 Å². The Labute approximate surface area is 390 Å². The van der Waals surface area contributed by atoms with Gasteiger partial charge in [-0.1, -0.05) is 12.8 Å². The van der Waals surface area contributed by atoms with Gasteiger partial charge in [0.15, 0.2) is 23.8 Å². The fourth-order valence-electron chi connectivity index (χ4n) is 6.17. The second-order valence-corrected chi connectivity index (χ2v) is 15.9. The maximum absolute atomic E-state index is 14.4. The number of aliphatic imine (C=N–C) groups is 4. The smallest absolute Gasteiger partial charge is 0.242 e. The van der Waals surface area contributed by atoms with Crippen molar-refractivity contribution in [3.8, 4) is 0 Å². The van der Waals surface area contributed by atoms with Crippen molar-refractivity contribution in [2.75, 3.05) is 91.6 Å². The van der Waals surface area contributed by atoms with Crippen LogP contribution >= 0.6 is 11.3 Å². The van der Waals surface area contributed by atoms with E-state index in [4.69, 9.17) is 57.3 Å². The normalized spacial score (nSPS) is 11.0. The summed E-state index contributed by atoms with van der Waals surface area (Å²) in [7, 11) is 0. The first-order valence-corrected chi connectivity index (χ1v) is 22.7. The second kappa shape index (κ2) is 33.9. The fourth-order valence-corrected chi connectivity index (χ4v) is 6.83. The van der Waals surface area contributed by atoms with Gasteiger partial charge in [0.05, 0.1) is 26.2 Å². The summed E-state index contributed by atoms with van der Waals surface area (Å²) in [6.45, 7) is 0.0644. The maximum atomic E-state index is 14.4. The predicted molar refractivity (Wildman–Crippen MR) is 257 cm³/mol. The van der Waals surface area contributed by atoms with Crippen LogP contribution in [0.2, 0.25) is 0 Å². The van der Waals surface area contributed by atoms with E-state index in [1.807, 2.05) is 5.38 Å². The minimum Gasteiger partial charge on any atom is -0.370 e. The Morgan fingerprint density at radius 3 is 1.48 bits per heavy atom. The molecule has 0 unspecified atom stereocenters. The molecule has 0 saturated heterocycles. The summed E-state index contributed by atoms with van der Waals surface area (Å²) in [5.41, 5.74) is 55.6. The molecule has 0 aliphatic heterocycles.